The lowest BCUT2D eigenvalue weighted by Gasteiger charge is -2.30. The Balaban J connectivity index is 1.25. The Labute approximate surface area is 252 Å². The van der Waals surface area contributed by atoms with Crippen LogP contribution in [0.3, 0.4) is 0 Å². The van der Waals surface area contributed by atoms with E-state index >= 15 is 0 Å². The molecule has 2 atom stereocenters. The molecule has 2 aliphatic rings. The van der Waals surface area contributed by atoms with Gasteiger partial charge in [-0.25, -0.2) is 0 Å². The number of ether oxygens (including phenoxy) is 1. The minimum absolute atomic E-state index is 0.149. The van der Waals surface area contributed by atoms with Crippen LogP contribution < -0.4 is 11.1 Å². The zero-order chi connectivity index (χ0) is 29.2. The molecule has 0 amide bonds. The molecule has 214 valence electrons. The average molecular weight is 565 g/mol. The first kappa shape index (κ1) is 27.1. The maximum absolute atomic E-state index is 8.62. The number of nitrogens with zero attached hydrogens (tertiary/aromatic N) is 1. The van der Waals surface area contributed by atoms with Gasteiger partial charge >= 0.3 is 0 Å². The van der Waals surface area contributed by atoms with Crippen molar-refractivity contribution in [1.82, 2.24) is 5.32 Å². The number of rotatable bonds is 6. The van der Waals surface area contributed by atoms with Crippen LogP contribution in [0, 0.1) is 11.3 Å². The Kier molecular flexibility index (Phi) is 7.48. The highest BCUT2D eigenvalue weighted by Gasteiger charge is 2.26. The molecular formula is C38H36N4O. The van der Waals surface area contributed by atoms with E-state index in [9.17, 15) is 0 Å². The summed E-state index contributed by atoms with van der Waals surface area (Å²) >= 11 is 0. The second kappa shape index (κ2) is 11.9. The van der Waals surface area contributed by atoms with Crippen molar-refractivity contribution in [2.24, 2.45) is 16.6 Å². The molecule has 1 aliphatic carbocycles. The maximum Gasteiger partial charge on any atom is 0.190 e. The van der Waals surface area contributed by atoms with E-state index in [0.717, 1.165) is 53.8 Å². The molecule has 0 radical (unpaired) electrons. The van der Waals surface area contributed by atoms with Crippen LogP contribution in [-0.2, 0) is 4.74 Å². The quantitative estimate of drug-likeness (QED) is 0.0837. The minimum atomic E-state index is -0.779. The lowest BCUT2D eigenvalue weighted by molar-refractivity contribution is 0.191. The third kappa shape index (κ3) is 5.56. The fourth-order valence-electron chi connectivity index (χ4n) is 6.48. The molecule has 7 rings (SSSR count). The van der Waals surface area contributed by atoms with E-state index in [2.05, 4.69) is 96.3 Å². The second-order valence-electron chi connectivity index (χ2n) is 11.6. The molecule has 4 N–H and O–H groups in total. The summed E-state index contributed by atoms with van der Waals surface area (Å²) in [4.78, 5) is 5.14. The van der Waals surface area contributed by atoms with Crippen LogP contribution in [-0.4, -0.2) is 17.8 Å². The molecule has 5 aromatic rings. The number of fused-ring (bicyclic) bond motifs is 3. The van der Waals surface area contributed by atoms with Crippen molar-refractivity contribution in [1.29, 1.82) is 5.41 Å². The number of aliphatic imine (C=N–C) groups is 1. The number of nitrogens with one attached hydrogen (secondary N) is 2. The first-order valence-electron chi connectivity index (χ1n) is 15.3. The highest BCUT2D eigenvalue weighted by molar-refractivity contribution is 6.13. The molecule has 43 heavy (non-hydrogen) atoms. The second-order valence-corrected chi connectivity index (χ2v) is 11.6. The van der Waals surface area contributed by atoms with E-state index in [1.165, 1.54) is 33.5 Å². The average Bonchev–Trinajstić information content (AvgIpc) is 3.08. The van der Waals surface area contributed by atoms with Gasteiger partial charge in [0.1, 0.15) is 6.17 Å². The van der Waals surface area contributed by atoms with Crippen molar-refractivity contribution >= 4 is 33.2 Å². The summed E-state index contributed by atoms with van der Waals surface area (Å²) < 4.78 is 6.06. The van der Waals surface area contributed by atoms with Gasteiger partial charge in [0, 0.05) is 5.92 Å². The summed E-state index contributed by atoms with van der Waals surface area (Å²) in [5.41, 5.74) is 12.6. The number of benzene rings is 5. The molecule has 5 heteroatoms. The lowest BCUT2D eigenvalue weighted by Crippen LogP contribution is -2.40. The van der Waals surface area contributed by atoms with E-state index in [-0.39, 0.29) is 12.1 Å². The van der Waals surface area contributed by atoms with Gasteiger partial charge in [-0.05, 0) is 74.8 Å². The van der Waals surface area contributed by atoms with Gasteiger partial charge in [-0.15, -0.1) is 0 Å². The van der Waals surface area contributed by atoms with E-state index in [1.807, 2.05) is 24.3 Å². The van der Waals surface area contributed by atoms with Gasteiger partial charge in [0.2, 0.25) is 0 Å². The van der Waals surface area contributed by atoms with Crippen LogP contribution in [0.1, 0.15) is 49.4 Å². The first-order chi connectivity index (χ1) is 21.1. The fourth-order valence-corrected chi connectivity index (χ4v) is 6.48. The van der Waals surface area contributed by atoms with Gasteiger partial charge in [0.15, 0.2) is 12.1 Å². The summed E-state index contributed by atoms with van der Waals surface area (Å²) in [6.45, 7) is 0. The fraction of sp³-hybridized carbons (Fsp3) is 0.211. The lowest BCUT2D eigenvalue weighted by atomic mass is 9.89. The van der Waals surface area contributed by atoms with E-state index < -0.39 is 6.23 Å². The summed E-state index contributed by atoms with van der Waals surface area (Å²) in [5, 5.41) is 17.1. The molecule has 1 saturated carbocycles. The molecule has 0 spiro atoms. The molecule has 1 aliphatic heterocycles. The third-order valence-electron chi connectivity index (χ3n) is 8.75. The number of hydrogen-bond donors (Lipinski definition) is 3. The molecule has 0 aromatic heterocycles. The predicted octanol–water partition coefficient (Wildman–Crippen LogP) is 8.49. The Morgan fingerprint density at radius 2 is 1.47 bits per heavy atom. The van der Waals surface area contributed by atoms with Crippen molar-refractivity contribution in [2.45, 2.75) is 44.5 Å². The van der Waals surface area contributed by atoms with Gasteiger partial charge < -0.3 is 10.1 Å². The van der Waals surface area contributed by atoms with Crippen molar-refractivity contribution in [3.05, 3.63) is 132 Å². The minimum Gasteiger partial charge on any atom is -0.457 e. The summed E-state index contributed by atoms with van der Waals surface area (Å²) in [7, 11) is 0. The number of hydrogen-bond acceptors (Lipinski definition) is 5. The van der Waals surface area contributed by atoms with E-state index in [4.69, 9.17) is 20.9 Å². The largest absolute Gasteiger partial charge is 0.457 e. The molecule has 2 unspecified atom stereocenters. The summed E-state index contributed by atoms with van der Waals surface area (Å²) in [6.07, 6.45) is 6.33. The Bertz CT molecular complexity index is 1850. The maximum atomic E-state index is 8.62. The topological polar surface area (TPSA) is 83.5 Å². The third-order valence-corrected chi connectivity index (χ3v) is 8.75. The normalized spacial score (nSPS) is 18.0. The summed E-state index contributed by atoms with van der Waals surface area (Å²) in [5.74, 6) is 0.441. The van der Waals surface area contributed by atoms with Crippen molar-refractivity contribution in [3.63, 3.8) is 0 Å². The van der Waals surface area contributed by atoms with Gasteiger partial charge in [-0.3, -0.25) is 16.1 Å². The van der Waals surface area contributed by atoms with Crippen molar-refractivity contribution in [3.8, 4) is 11.1 Å². The predicted molar refractivity (Wildman–Crippen MR) is 177 cm³/mol. The zero-order valence-corrected chi connectivity index (χ0v) is 24.2. The first-order valence-corrected chi connectivity index (χ1v) is 15.3. The van der Waals surface area contributed by atoms with E-state index in [0.29, 0.717) is 5.90 Å². The van der Waals surface area contributed by atoms with Crippen LogP contribution >= 0.6 is 0 Å². The number of nitrogens with two attached hydrogens (primary N) is 1. The zero-order valence-electron chi connectivity index (χ0n) is 24.2. The molecule has 0 bridgehead atoms. The van der Waals surface area contributed by atoms with Gasteiger partial charge in [-0.1, -0.05) is 116 Å². The highest BCUT2D eigenvalue weighted by Crippen LogP contribution is 2.36. The SMILES string of the molecule is N=C(OC(N)C1=CC(c2ccccc2)=NC(c2cccc(-c3cc4ccccc4c4ccccc34)c2)N1)C1CCCCC1. The Morgan fingerprint density at radius 3 is 2.28 bits per heavy atom. The van der Waals surface area contributed by atoms with E-state index in [1.54, 1.807) is 0 Å². The van der Waals surface area contributed by atoms with Crippen LogP contribution in [0.25, 0.3) is 32.7 Å². The van der Waals surface area contributed by atoms with Gasteiger partial charge in [0.05, 0.1) is 11.4 Å². The highest BCUT2D eigenvalue weighted by atomic mass is 16.5. The molecule has 5 aromatic carbocycles. The molecule has 5 nitrogen and oxygen atoms in total. The molecule has 1 fully saturated rings. The van der Waals surface area contributed by atoms with Crippen LogP contribution in [0.5, 0.6) is 0 Å². The number of allylic oxidation sites excluding steroid dienone is 1. The Morgan fingerprint density at radius 1 is 0.767 bits per heavy atom. The molecule has 1 heterocycles. The summed E-state index contributed by atoms with van der Waals surface area (Å²) in [6, 6.07) is 38.2. The van der Waals surface area contributed by atoms with Crippen LogP contribution in [0.15, 0.2) is 126 Å². The smallest absolute Gasteiger partial charge is 0.190 e. The van der Waals surface area contributed by atoms with Crippen LogP contribution in [0.2, 0.25) is 0 Å². The molecule has 0 saturated heterocycles. The van der Waals surface area contributed by atoms with Gasteiger partial charge in [0.25, 0.3) is 0 Å². The molecular weight excluding hydrogens is 528 g/mol. The van der Waals surface area contributed by atoms with Crippen molar-refractivity contribution < 1.29 is 4.74 Å². The van der Waals surface area contributed by atoms with Crippen LogP contribution in [0.4, 0.5) is 0 Å². The Hall–Kier alpha value is -4.74. The van der Waals surface area contributed by atoms with Gasteiger partial charge in [-0.2, -0.15) is 0 Å². The monoisotopic (exact) mass is 564 g/mol. The van der Waals surface area contributed by atoms with Crippen molar-refractivity contribution in [2.75, 3.05) is 0 Å². The standard InChI is InChI=1S/C38H36N4O/c39-36(26-14-5-2-6-15-26)43-37(40)35-24-34(25-12-3-1-4-13-25)41-38(42-35)29-18-11-17-27(22-29)33-23-28-16-7-8-19-30(28)31-20-9-10-21-32(31)33/h1,3-4,7-13,16-24,26,37-39,42H,2,5-6,14-15,40H2.